The summed E-state index contributed by atoms with van der Waals surface area (Å²) in [4.78, 5) is 10.6. The van der Waals surface area contributed by atoms with Crippen LogP contribution in [0.15, 0.2) is 59.6 Å². The summed E-state index contributed by atoms with van der Waals surface area (Å²) in [5.41, 5.74) is 1.67. The second kappa shape index (κ2) is 8.97. The lowest BCUT2D eigenvalue weighted by molar-refractivity contribution is -0.104. The van der Waals surface area contributed by atoms with Gasteiger partial charge >= 0.3 is 0 Å². The zero-order valence-corrected chi connectivity index (χ0v) is 12.4. The lowest BCUT2D eigenvalue weighted by Crippen LogP contribution is -2.12. The first-order chi connectivity index (χ1) is 9.69. The molecular weight excluding hydrogens is 250 g/mol. The molecule has 1 aliphatic rings. The smallest absolute Gasteiger partial charge is 0.145 e. The summed E-state index contributed by atoms with van der Waals surface area (Å²) in [7, 11) is 1.68. The molecule has 0 amide bonds. The fourth-order valence-corrected chi connectivity index (χ4v) is 1.85. The zero-order valence-electron chi connectivity index (χ0n) is 12.4. The molecule has 0 radical (unpaired) electrons. The highest BCUT2D eigenvalue weighted by Crippen LogP contribution is 2.17. The molecule has 3 nitrogen and oxygen atoms in total. The van der Waals surface area contributed by atoms with Gasteiger partial charge in [0.2, 0.25) is 0 Å². The maximum atomic E-state index is 10.6. The molecule has 20 heavy (non-hydrogen) atoms. The summed E-state index contributed by atoms with van der Waals surface area (Å²) < 4.78 is 5.15. The highest BCUT2D eigenvalue weighted by Gasteiger charge is 2.04. The van der Waals surface area contributed by atoms with Crippen molar-refractivity contribution in [3.05, 3.63) is 59.6 Å². The van der Waals surface area contributed by atoms with Crippen LogP contribution in [0.3, 0.4) is 0 Å². The Balaban J connectivity index is 2.38. The number of nitrogens with one attached hydrogen (secondary N) is 1. The molecule has 0 saturated heterocycles. The van der Waals surface area contributed by atoms with Crippen LogP contribution in [0.4, 0.5) is 0 Å². The minimum absolute atomic E-state index is 0.428. The summed E-state index contributed by atoms with van der Waals surface area (Å²) in [6.45, 7) is 4.48. The molecule has 3 heteroatoms. The average molecular weight is 273 g/mol. The molecule has 0 aromatic heterocycles. The number of rotatable bonds is 7. The average Bonchev–Trinajstić information content (AvgIpc) is 2.50. The molecule has 1 aliphatic carbocycles. The van der Waals surface area contributed by atoms with Crippen LogP contribution in [0.2, 0.25) is 0 Å². The fraction of sp³-hybridized carbons (Fsp3) is 0.353. The Kier molecular flexibility index (Phi) is 7.18. The van der Waals surface area contributed by atoms with E-state index in [1.807, 2.05) is 25.2 Å². The van der Waals surface area contributed by atoms with E-state index in [1.54, 1.807) is 14.0 Å². The molecule has 0 bridgehead atoms. The van der Waals surface area contributed by atoms with E-state index in [-0.39, 0.29) is 0 Å². The summed E-state index contributed by atoms with van der Waals surface area (Å²) in [6.07, 6.45) is 16.1. The number of aldehydes is 1. The number of hydrogen-bond donors (Lipinski definition) is 1. The third-order valence-electron chi connectivity index (χ3n) is 3.02. The summed E-state index contributed by atoms with van der Waals surface area (Å²) in [5.74, 6) is 1.36. The molecule has 0 saturated carbocycles. The largest absolute Gasteiger partial charge is 0.497 e. The van der Waals surface area contributed by atoms with Crippen LogP contribution in [-0.4, -0.2) is 19.9 Å². The van der Waals surface area contributed by atoms with E-state index in [0.717, 1.165) is 30.7 Å². The van der Waals surface area contributed by atoms with Gasteiger partial charge in [-0.2, -0.15) is 0 Å². The maximum absolute atomic E-state index is 10.6. The van der Waals surface area contributed by atoms with Crippen LogP contribution < -0.4 is 5.32 Å². The third kappa shape index (κ3) is 5.74. The highest BCUT2D eigenvalue weighted by atomic mass is 16.5. The van der Waals surface area contributed by atoms with Crippen molar-refractivity contribution < 1.29 is 9.53 Å². The Morgan fingerprint density at radius 3 is 2.90 bits per heavy atom. The Morgan fingerprint density at radius 1 is 1.55 bits per heavy atom. The van der Waals surface area contributed by atoms with E-state index in [2.05, 4.69) is 29.6 Å². The van der Waals surface area contributed by atoms with Crippen molar-refractivity contribution in [3.63, 3.8) is 0 Å². The summed E-state index contributed by atoms with van der Waals surface area (Å²) in [6, 6.07) is 0. The van der Waals surface area contributed by atoms with E-state index < -0.39 is 0 Å². The van der Waals surface area contributed by atoms with Crippen molar-refractivity contribution in [2.45, 2.75) is 20.3 Å². The number of allylic oxidation sites excluding steroid dienone is 7. The maximum Gasteiger partial charge on any atom is 0.145 e. The molecular formula is C17H23NO2. The normalized spacial score (nSPS) is 19.9. The van der Waals surface area contributed by atoms with Crippen LogP contribution in [0, 0.1) is 5.92 Å². The van der Waals surface area contributed by atoms with Crippen molar-refractivity contribution in [1.82, 2.24) is 5.32 Å². The van der Waals surface area contributed by atoms with Crippen LogP contribution in [0.5, 0.6) is 0 Å². The van der Waals surface area contributed by atoms with Gasteiger partial charge in [-0.05, 0) is 50.0 Å². The van der Waals surface area contributed by atoms with E-state index in [0.29, 0.717) is 11.5 Å². The van der Waals surface area contributed by atoms with Gasteiger partial charge in [-0.15, -0.1) is 0 Å². The van der Waals surface area contributed by atoms with E-state index in [1.165, 1.54) is 0 Å². The topological polar surface area (TPSA) is 38.3 Å². The zero-order chi connectivity index (χ0) is 14.8. The molecule has 1 N–H and O–H groups in total. The second-order valence-electron chi connectivity index (χ2n) is 4.63. The van der Waals surface area contributed by atoms with E-state index in [4.69, 9.17) is 4.74 Å². The van der Waals surface area contributed by atoms with E-state index >= 15 is 0 Å². The van der Waals surface area contributed by atoms with Gasteiger partial charge in [0.15, 0.2) is 0 Å². The molecule has 0 spiro atoms. The number of carbonyl (C=O) groups is 1. The van der Waals surface area contributed by atoms with Crippen molar-refractivity contribution in [2.75, 3.05) is 13.7 Å². The first-order valence-electron chi connectivity index (χ1n) is 6.82. The highest BCUT2D eigenvalue weighted by molar-refractivity contribution is 5.73. The van der Waals surface area contributed by atoms with Crippen LogP contribution in [0.25, 0.3) is 0 Å². The molecule has 1 rings (SSSR count). The number of ether oxygens (including phenoxy) is 1. The minimum atomic E-state index is 0.428. The molecule has 0 aromatic carbocycles. The van der Waals surface area contributed by atoms with Crippen molar-refractivity contribution in [2.24, 2.45) is 5.92 Å². The fourth-order valence-electron chi connectivity index (χ4n) is 1.85. The SMILES string of the molecule is C/C=C(\C=C(/C)C=O)NC/C=C/C1C=CC(OC)=CC1. The number of methoxy groups -OCH3 is 1. The first kappa shape index (κ1) is 16.0. The Labute approximate surface area is 121 Å². The minimum Gasteiger partial charge on any atom is -0.497 e. The monoisotopic (exact) mass is 273 g/mol. The molecule has 0 aliphatic heterocycles. The van der Waals surface area contributed by atoms with Crippen molar-refractivity contribution in [1.29, 1.82) is 0 Å². The standard InChI is InChI=1S/C17H23NO2/c1-4-16(12-14(2)13-19)18-11-5-6-15-7-9-17(20-3)10-8-15/h4-7,9-10,12-13,15,18H,8,11H2,1-3H3/b6-5+,14-12+,16-4+. The van der Waals surface area contributed by atoms with Gasteiger partial charge < -0.3 is 10.1 Å². The Hall–Kier alpha value is -2.03. The Bertz CT molecular complexity index is 467. The quantitative estimate of drug-likeness (QED) is 0.335. The van der Waals surface area contributed by atoms with Gasteiger partial charge in [-0.25, -0.2) is 0 Å². The predicted molar refractivity (Wildman–Crippen MR) is 83.1 cm³/mol. The predicted octanol–water partition coefficient (Wildman–Crippen LogP) is 3.29. The summed E-state index contributed by atoms with van der Waals surface area (Å²) >= 11 is 0. The van der Waals surface area contributed by atoms with Gasteiger partial charge in [0.1, 0.15) is 12.0 Å². The number of carbonyl (C=O) groups excluding carboxylic acids is 1. The van der Waals surface area contributed by atoms with Gasteiger partial charge in [-0.1, -0.05) is 24.3 Å². The van der Waals surface area contributed by atoms with Gasteiger partial charge in [0.05, 0.1) is 7.11 Å². The van der Waals surface area contributed by atoms with Crippen LogP contribution in [-0.2, 0) is 9.53 Å². The molecule has 0 aromatic rings. The van der Waals surface area contributed by atoms with Gasteiger partial charge in [-0.3, -0.25) is 4.79 Å². The van der Waals surface area contributed by atoms with Gasteiger partial charge in [0.25, 0.3) is 0 Å². The van der Waals surface area contributed by atoms with Crippen LogP contribution in [0.1, 0.15) is 20.3 Å². The molecule has 0 heterocycles. The molecule has 0 fully saturated rings. The van der Waals surface area contributed by atoms with Gasteiger partial charge in [0, 0.05) is 12.2 Å². The second-order valence-corrected chi connectivity index (χ2v) is 4.63. The Morgan fingerprint density at radius 2 is 2.35 bits per heavy atom. The first-order valence-corrected chi connectivity index (χ1v) is 6.82. The molecule has 1 unspecified atom stereocenters. The lowest BCUT2D eigenvalue weighted by Gasteiger charge is -2.11. The third-order valence-corrected chi connectivity index (χ3v) is 3.02. The van der Waals surface area contributed by atoms with E-state index in [9.17, 15) is 4.79 Å². The summed E-state index contributed by atoms with van der Waals surface area (Å²) in [5, 5.41) is 3.27. The lowest BCUT2D eigenvalue weighted by atomic mass is 9.99. The van der Waals surface area contributed by atoms with Crippen molar-refractivity contribution >= 4 is 6.29 Å². The van der Waals surface area contributed by atoms with Crippen molar-refractivity contribution in [3.8, 4) is 0 Å². The molecule has 1 atom stereocenters. The van der Waals surface area contributed by atoms with Crippen LogP contribution >= 0.6 is 0 Å². The number of hydrogen-bond acceptors (Lipinski definition) is 3. The molecule has 108 valence electrons.